The highest BCUT2D eigenvalue weighted by atomic mass is 16.5. The van der Waals surface area contributed by atoms with E-state index < -0.39 is 0 Å². The molecular weight excluding hydrogens is 382 g/mol. The number of morpholine rings is 1. The average molecular weight is 409 g/mol. The lowest BCUT2D eigenvalue weighted by Gasteiger charge is -2.35. The predicted octanol–water partition coefficient (Wildman–Crippen LogP) is 1.37. The number of nitrogens with zero attached hydrogens (tertiary/aromatic N) is 3. The number of aromatic nitrogens is 3. The minimum absolute atomic E-state index is 0.0638. The van der Waals surface area contributed by atoms with E-state index in [0.717, 1.165) is 30.0 Å². The summed E-state index contributed by atoms with van der Waals surface area (Å²) in [6, 6.07) is 11.8. The summed E-state index contributed by atoms with van der Waals surface area (Å²) in [5.41, 5.74) is 3.95. The smallest absolute Gasteiger partial charge is 0.266 e. The summed E-state index contributed by atoms with van der Waals surface area (Å²) in [6.45, 7) is 7.38. The van der Waals surface area contributed by atoms with E-state index in [1.807, 2.05) is 32.0 Å². The number of carbonyl (C=O) groups excluding carboxylic acids is 1. The molecule has 1 aliphatic heterocycles. The fourth-order valence-electron chi connectivity index (χ4n) is 4.07. The number of nitrogens with one attached hydrogen (secondary N) is 2. The molecule has 2 N–H and O–H groups in total. The van der Waals surface area contributed by atoms with Crippen LogP contribution in [0.1, 0.15) is 28.6 Å². The first kappa shape index (κ1) is 20.3. The summed E-state index contributed by atoms with van der Waals surface area (Å²) >= 11 is 0. The molecule has 8 heteroatoms. The van der Waals surface area contributed by atoms with E-state index in [-0.39, 0.29) is 23.9 Å². The number of amides is 1. The molecule has 1 aromatic carbocycles. The molecule has 4 rings (SSSR count). The zero-order valence-corrected chi connectivity index (χ0v) is 17.4. The second-order valence-electron chi connectivity index (χ2n) is 7.63. The van der Waals surface area contributed by atoms with E-state index in [9.17, 15) is 9.59 Å². The van der Waals surface area contributed by atoms with Gasteiger partial charge in [0.1, 0.15) is 0 Å². The molecule has 0 radical (unpaired) electrons. The molecule has 1 amide bonds. The van der Waals surface area contributed by atoms with Crippen molar-refractivity contribution in [2.45, 2.75) is 26.3 Å². The van der Waals surface area contributed by atoms with Gasteiger partial charge in [-0.25, -0.2) is 9.50 Å². The van der Waals surface area contributed by atoms with Gasteiger partial charge in [0.25, 0.3) is 5.56 Å². The zero-order valence-electron chi connectivity index (χ0n) is 17.4. The Hall–Kier alpha value is -2.97. The number of hydrogen-bond acceptors (Lipinski definition) is 5. The summed E-state index contributed by atoms with van der Waals surface area (Å²) in [4.78, 5) is 31.3. The molecule has 0 saturated carbocycles. The topological polar surface area (TPSA) is 91.7 Å². The highest BCUT2D eigenvalue weighted by Gasteiger charge is 2.23. The molecule has 1 unspecified atom stereocenters. The third kappa shape index (κ3) is 4.29. The molecule has 0 spiro atoms. The van der Waals surface area contributed by atoms with Gasteiger partial charge in [-0.05, 0) is 19.4 Å². The quantitative estimate of drug-likeness (QED) is 0.642. The van der Waals surface area contributed by atoms with Gasteiger partial charge in [0.05, 0.1) is 25.7 Å². The highest BCUT2D eigenvalue weighted by Crippen LogP contribution is 2.21. The lowest BCUT2D eigenvalue weighted by molar-refractivity contribution is -0.120. The van der Waals surface area contributed by atoms with Crippen LogP contribution in [0.2, 0.25) is 0 Å². The van der Waals surface area contributed by atoms with Crippen molar-refractivity contribution < 1.29 is 9.53 Å². The van der Waals surface area contributed by atoms with Gasteiger partial charge in [-0.1, -0.05) is 30.3 Å². The second-order valence-corrected chi connectivity index (χ2v) is 7.63. The molecule has 0 bridgehead atoms. The molecule has 1 fully saturated rings. The Morgan fingerprint density at radius 1 is 1.23 bits per heavy atom. The van der Waals surface area contributed by atoms with Gasteiger partial charge >= 0.3 is 0 Å². The van der Waals surface area contributed by atoms with Crippen molar-refractivity contribution in [1.29, 1.82) is 0 Å². The van der Waals surface area contributed by atoms with Crippen molar-refractivity contribution in [1.82, 2.24) is 24.8 Å². The summed E-state index contributed by atoms with van der Waals surface area (Å²) in [5.74, 6) is -0.0638. The molecule has 3 heterocycles. The Morgan fingerprint density at radius 3 is 2.70 bits per heavy atom. The minimum atomic E-state index is -0.206. The number of H-pyrrole nitrogens is 1. The van der Waals surface area contributed by atoms with E-state index >= 15 is 0 Å². The Kier molecular flexibility index (Phi) is 5.96. The highest BCUT2D eigenvalue weighted by molar-refractivity contribution is 5.79. The fourth-order valence-corrected chi connectivity index (χ4v) is 4.07. The summed E-state index contributed by atoms with van der Waals surface area (Å²) < 4.78 is 7.13. The van der Waals surface area contributed by atoms with Crippen LogP contribution in [0.15, 0.2) is 41.2 Å². The standard InChI is InChI=1S/C22H27N5O3/c1-15-18(16(2)27-20(24-15)13-22(29)25-27)12-21(28)23-14-19(17-6-4-3-5-7-17)26-8-10-30-11-9-26/h3-7,13,19H,8-12,14H2,1-2H3,(H,23,28)(H,25,29). The number of rotatable bonds is 6. The molecule has 8 nitrogen and oxygen atoms in total. The molecule has 3 aromatic rings. The Morgan fingerprint density at radius 2 is 1.97 bits per heavy atom. The molecule has 158 valence electrons. The number of carbonyl (C=O) groups is 1. The molecular formula is C22H27N5O3. The van der Waals surface area contributed by atoms with Crippen LogP contribution in [0.25, 0.3) is 5.65 Å². The van der Waals surface area contributed by atoms with E-state index in [4.69, 9.17) is 4.74 Å². The third-order valence-electron chi connectivity index (χ3n) is 5.70. The number of hydrogen-bond donors (Lipinski definition) is 2. The molecule has 2 aromatic heterocycles. The van der Waals surface area contributed by atoms with E-state index in [1.54, 1.807) is 4.52 Å². The van der Waals surface area contributed by atoms with Gasteiger partial charge in [-0.2, -0.15) is 0 Å². The normalized spacial score (nSPS) is 15.9. The summed E-state index contributed by atoms with van der Waals surface area (Å²) in [7, 11) is 0. The SMILES string of the molecule is Cc1nc2cc(=O)[nH]n2c(C)c1CC(=O)NCC(c1ccccc1)N1CCOCC1. The van der Waals surface area contributed by atoms with Crippen LogP contribution in [-0.4, -0.2) is 58.3 Å². The fraction of sp³-hybridized carbons (Fsp3) is 0.409. The van der Waals surface area contributed by atoms with Crippen molar-refractivity contribution in [3.05, 3.63) is 69.3 Å². The molecule has 30 heavy (non-hydrogen) atoms. The number of aromatic amines is 1. The third-order valence-corrected chi connectivity index (χ3v) is 5.70. The van der Waals surface area contributed by atoms with Crippen molar-refractivity contribution in [3.8, 4) is 0 Å². The largest absolute Gasteiger partial charge is 0.379 e. The van der Waals surface area contributed by atoms with Crippen molar-refractivity contribution in [3.63, 3.8) is 0 Å². The van der Waals surface area contributed by atoms with Gasteiger partial charge in [-0.15, -0.1) is 0 Å². The summed E-state index contributed by atoms with van der Waals surface area (Å²) in [6.07, 6.45) is 0.214. The van der Waals surface area contributed by atoms with E-state index in [2.05, 4.69) is 32.4 Å². The van der Waals surface area contributed by atoms with Gasteiger partial charge in [-0.3, -0.25) is 19.6 Å². The van der Waals surface area contributed by atoms with E-state index in [1.165, 1.54) is 11.6 Å². The first-order chi connectivity index (χ1) is 14.5. The number of ether oxygens (including phenoxy) is 1. The van der Waals surface area contributed by atoms with Crippen LogP contribution in [0, 0.1) is 13.8 Å². The first-order valence-corrected chi connectivity index (χ1v) is 10.2. The molecule has 1 atom stereocenters. The van der Waals surface area contributed by atoms with Crippen molar-refractivity contribution in [2.75, 3.05) is 32.8 Å². The van der Waals surface area contributed by atoms with Crippen molar-refractivity contribution >= 4 is 11.6 Å². The lowest BCUT2D eigenvalue weighted by Crippen LogP contribution is -2.44. The van der Waals surface area contributed by atoms with Crippen LogP contribution in [0.5, 0.6) is 0 Å². The van der Waals surface area contributed by atoms with Crippen LogP contribution >= 0.6 is 0 Å². The monoisotopic (exact) mass is 409 g/mol. The maximum absolute atomic E-state index is 12.8. The Labute approximate surface area is 174 Å². The molecule has 1 saturated heterocycles. The van der Waals surface area contributed by atoms with Gasteiger partial charge in [0, 0.05) is 42.7 Å². The van der Waals surface area contributed by atoms with Crippen molar-refractivity contribution in [2.24, 2.45) is 0 Å². The Balaban J connectivity index is 1.49. The van der Waals surface area contributed by atoms with E-state index in [0.29, 0.717) is 25.4 Å². The van der Waals surface area contributed by atoms with Gasteiger partial charge in [0.2, 0.25) is 5.91 Å². The summed E-state index contributed by atoms with van der Waals surface area (Å²) in [5, 5.41) is 5.84. The van der Waals surface area contributed by atoms with Gasteiger partial charge in [0.15, 0.2) is 5.65 Å². The lowest BCUT2D eigenvalue weighted by atomic mass is 10.0. The zero-order chi connectivity index (χ0) is 21.1. The molecule has 1 aliphatic rings. The maximum atomic E-state index is 12.8. The van der Waals surface area contributed by atoms with Crippen LogP contribution in [0.4, 0.5) is 0 Å². The Bertz CT molecular complexity index is 1080. The maximum Gasteiger partial charge on any atom is 0.266 e. The number of benzene rings is 1. The van der Waals surface area contributed by atoms with Gasteiger partial charge < -0.3 is 10.1 Å². The molecule has 0 aliphatic carbocycles. The van der Waals surface area contributed by atoms with Crippen LogP contribution in [0.3, 0.4) is 0 Å². The van der Waals surface area contributed by atoms with Crippen LogP contribution in [-0.2, 0) is 16.0 Å². The average Bonchev–Trinajstić information content (AvgIpc) is 3.13. The second kappa shape index (κ2) is 8.81. The number of aryl methyl sites for hydroxylation is 2. The minimum Gasteiger partial charge on any atom is -0.379 e. The van der Waals surface area contributed by atoms with Crippen LogP contribution < -0.4 is 10.9 Å². The first-order valence-electron chi connectivity index (χ1n) is 10.2. The number of fused-ring (bicyclic) bond motifs is 1. The predicted molar refractivity (Wildman–Crippen MR) is 114 cm³/mol.